The largest absolute Gasteiger partial charge is 0.494 e. The van der Waals surface area contributed by atoms with Crippen molar-refractivity contribution in [2.75, 3.05) is 6.61 Å². The molecule has 0 fully saturated rings. The van der Waals surface area contributed by atoms with Gasteiger partial charge in [-0.3, -0.25) is 4.79 Å². The number of amides is 1. The van der Waals surface area contributed by atoms with E-state index in [0.29, 0.717) is 23.5 Å². The maximum Gasteiger partial charge on any atom is 0.271 e. The Hall–Kier alpha value is -4.63. The number of benzene rings is 4. The van der Waals surface area contributed by atoms with Gasteiger partial charge in [0.1, 0.15) is 18.1 Å². The van der Waals surface area contributed by atoms with Crippen LogP contribution in [-0.4, -0.2) is 18.7 Å². The van der Waals surface area contributed by atoms with Crippen LogP contribution in [-0.2, 0) is 6.61 Å². The lowest BCUT2D eigenvalue weighted by atomic mass is 10.0. The third-order valence-electron chi connectivity index (χ3n) is 5.40. The molecule has 0 aliphatic carbocycles. The topological polar surface area (TPSA) is 83.7 Å². The Morgan fingerprint density at radius 2 is 1.74 bits per heavy atom. The summed E-state index contributed by atoms with van der Waals surface area (Å²) in [6, 6.07) is 28.2. The van der Waals surface area contributed by atoms with E-state index in [9.17, 15) is 10.1 Å². The lowest BCUT2D eigenvalue weighted by Crippen LogP contribution is -2.17. The summed E-state index contributed by atoms with van der Waals surface area (Å²) in [7, 11) is 0. The number of fused-ring (bicyclic) bond motifs is 1. The van der Waals surface area contributed by atoms with Gasteiger partial charge in [-0.05, 0) is 53.6 Å². The van der Waals surface area contributed by atoms with Crippen molar-refractivity contribution >= 4 is 22.9 Å². The van der Waals surface area contributed by atoms with E-state index in [1.807, 2.05) is 61.5 Å². The van der Waals surface area contributed by atoms with E-state index in [4.69, 9.17) is 9.47 Å². The Labute approximate surface area is 204 Å². The second-order valence-electron chi connectivity index (χ2n) is 7.83. The van der Waals surface area contributed by atoms with Crippen LogP contribution in [0.5, 0.6) is 11.5 Å². The zero-order valence-corrected chi connectivity index (χ0v) is 19.4. The van der Waals surface area contributed by atoms with Crippen LogP contribution in [0.1, 0.15) is 40.4 Å². The lowest BCUT2D eigenvalue weighted by Gasteiger charge is -2.12. The van der Waals surface area contributed by atoms with Crippen molar-refractivity contribution in [3.8, 4) is 17.6 Å². The minimum atomic E-state index is -0.325. The molecule has 6 nitrogen and oxygen atoms in total. The molecule has 0 spiro atoms. The number of carbonyl (C=O) groups is 1. The maximum absolute atomic E-state index is 12.6. The van der Waals surface area contributed by atoms with Crippen molar-refractivity contribution < 1.29 is 14.3 Å². The Balaban J connectivity index is 1.53. The van der Waals surface area contributed by atoms with E-state index in [2.05, 4.69) is 16.6 Å². The molecule has 0 unspecified atom stereocenters. The van der Waals surface area contributed by atoms with E-state index >= 15 is 0 Å². The maximum atomic E-state index is 12.6. The third kappa shape index (κ3) is 5.84. The van der Waals surface area contributed by atoms with Gasteiger partial charge in [0, 0.05) is 16.7 Å². The summed E-state index contributed by atoms with van der Waals surface area (Å²) in [5.74, 6) is 1.00. The monoisotopic (exact) mass is 463 g/mol. The summed E-state index contributed by atoms with van der Waals surface area (Å²) in [6.45, 7) is 2.91. The number of hydrogen-bond acceptors (Lipinski definition) is 5. The minimum absolute atomic E-state index is 0.238. The highest BCUT2D eigenvalue weighted by molar-refractivity contribution is 6.03. The van der Waals surface area contributed by atoms with Crippen molar-refractivity contribution in [1.29, 1.82) is 5.26 Å². The normalized spacial score (nSPS) is 10.7. The molecular formula is C29H25N3O3. The van der Waals surface area contributed by atoms with Crippen LogP contribution in [0, 0.1) is 11.3 Å². The van der Waals surface area contributed by atoms with E-state index in [-0.39, 0.29) is 12.5 Å². The molecule has 0 radical (unpaired) electrons. The fraction of sp³-hybridized carbons (Fsp3) is 0.138. The van der Waals surface area contributed by atoms with Gasteiger partial charge in [-0.25, -0.2) is 5.43 Å². The van der Waals surface area contributed by atoms with Crippen LogP contribution in [0.4, 0.5) is 0 Å². The molecule has 4 aromatic carbocycles. The average Bonchev–Trinajstić information content (AvgIpc) is 2.91. The van der Waals surface area contributed by atoms with Crippen molar-refractivity contribution in [3.63, 3.8) is 0 Å². The first-order valence-corrected chi connectivity index (χ1v) is 11.4. The van der Waals surface area contributed by atoms with E-state index < -0.39 is 0 Å². The predicted molar refractivity (Wildman–Crippen MR) is 137 cm³/mol. The second kappa shape index (κ2) is 11.5. The van der Waals surface area contributed by atoms with E-state index in [1.54, 1.807) is 36.5 Å². The van der Waals surface area contributed by atoms with Gasteiger partial charge in [-0.2, -0.15) is 10.4 Å². The molecule has 1 N–H and O–H groups in total. The highest BCUT2D eigenvalue weighted by Crippen LogP contribution is 2.27. The average molecular weight is 464 g/mol. The number of ether oxygens (including phenoxy) is 2. The van der Waals surface area contributed by atoms with Crippen molar-refractivity contribution in [1.82, 2.24) is 5.43 Å². The Kier molecular flexibility index (Phi) is 7.72. The second-order valence-corrected chi connectivity index (χ2v) is 7.83. The third-order valence-corrected chi connectivity index (χ3v) is 5.40. The van der Waals surface area contributed by atoms with Crippen molar-refractivity contribution in [3.05, 3.63) is 107 Å². The molecule has 0 saturated heterocycles. The van der Waals surface area contributed by atoms with Gasteiger partial charge in [0.15, 0.2) is 0 Å². The van der Waals surface area contributed by atoms with E-state index in [0.717, 1.165) is 34.1 Å². The Morgan fingerprint density at radius 3 is 2.54 bits per heavy atom. The van der Waals surface area contributed by atoms with Crippen LogP contribution in [0.3, 0.4) is 0 Å². The molecule has 0 saturated carbocycles. The van der Waals surface area contributed by atoms with Crippen LogP contribution in [0.2, 0.25) is 0 Å². The first-order valence-electron chi connectivity index (χ1n) is 11.4. The molecule has 1 amide bonds. The SMILES string of the molecule is CCCOc1ccc(C(=O)N/N=C\c2c(OCc3ccccc3C#N)ccc3ccccc23)cc1. The van der Waals surface area contributed by atoms with Gasteiger partial charge >= 0.3 is 0 Å². The molecule has 0 aliphatic rings. The molecule has 174 valence electrons. The van der Waals surface area contributed by atoms with Gasteiger partial charge in [-0.15, -0.1) is 0 Å². The van der Waals surface area contributed by atoms with E-state index in [1.165, 1.54) is 0 Å². The molecule has 6 heteroatoms. The molecule has 0 aliphatic heterocycles. The fourth-order valence-electron chi connectivity index (χ4n) is 3.59. The summed E-state index contributed by atoms with van der Waals surface area (Å²) in [5.41, 5.74) is 5.17. The van der Waals surface area contributed by atoms with Crippen molar-refractivity contribution in [2.45, 2.75) is 20.0 Å². The molecule has 35 heavy (non-hydrogen) atoms. The fourth-order valence-corrected chi connectivity index (χ4v) is 3.59. The van der Waals surface area contributed by atoms with Gasteiger partial charge in [0.2, 0.25) is 0 Å². The number of nitrogens with zero attached hydrogens (tertiary/aromatic N) is 2. The number of carbonyl (C=O) groups excluding carboxylic acids is 1. The first-order chi connectivity index (χ1) is 17.2. The number of hydrogen-bond donors (Lipinski definition) is 1. The molecule has 0 bridgehead atoms. The molecule has 0 aromatic heterocycles. The minimum Gasteiger partial charge on any atom is -0.494 e. The first kappa shape index (κ1) is 23.5. The van der Waals surface area contributed by atoms with Gasteiger partial charge in [0.25, 0.3) is 5.91 Å². The number of rotatable bonds is 9. The predicted octanol–water partition coefficient (Wildman–Crippen LogP) is 5.84. The number of nitriles is 1. The summed E-state index contributed by atoms with van der Waals surface area (Å²) in [5, 5.41) is 15.5. The Bertz CT molecular complexity index is 1390. The molecule has 4 aromatic rings. The van der Waals surface area contributed by atoms with Crippen LogP contribution >= 0.6 is 0 Å². The highest BCUT2D eigenvalue weighted by atomic mass is 16.5. The lowest BCUT2D eigenvalue weighted by molar-refractivity contribution is 0.0955. The zero-order valence-electron chi connectivity index (χ0n) is 19.4. The molecule has 0 atom stereocenters. The standard InChI is InChI=1S/C29H25N3O3/c1-2-17-34-25-14-11-22(12-15-25)29(33)32-31-19-27-26-10-6-5-7-21(26)13-16-28(27)35-20-24-9-4-3-8-23(24)18-30/h3-16,19H,2,17,20H2,1H3,(H,32,33)/b31-19-. The van der Waals surface area contributed by atoms with Gasteiger partial charge < -0.3 is 9.47 Å². The molecular weight excluding hydrogens is 438 g/mol. The van der Waals surface area contributed by atoms with Gasteiger partial charge in [-0.1, -0.05) is 55.5 Å². The zero-order chi connectivity index (χ0) is 24.5. The van der Waals surface area contributed by atoms with Crippen LogP contribution in [0.25, 0.3) is 10.8 Å². The Morgan fingerprint density at radius 1 is 0.971 bits per heavy atom. The summed E-state index contributed by atoms with van der Waals surface area (Å²) in [6.07, 6.45) is 2.51. The van der Waals surface area contributed by atoms with Gasteiger partial charge in [0.05, 0.1) is 24.5 Å². The summed E-state index contributed by atoms with van der Waals surface area (Å²) < 4.78 is 11.7. The quantitative estimate of drug-likeness (QED) is 0.250. The number of nitrogens with one attached hydrogen (secondary N) is 1. The van der Waals surface area contributed by atoms with Crippen LogP contribution < -0.4 is 14.9 Å². The molecule has 4 rings (SSSR count). The molecule has 0 heterocycles. The highest BCUT2D eigenvalue weighted by Gasteiger charge is 2.10. The van der Waals surface area contributed by atoms with Crippen LogP contribution in [0.15, 0.2) is 90.0 Å². The van der Waals surface area contributed by atoms with Crippen molar-refractivity contribution in [2.24, 2.45) is 5.10 Å². The summed E-state index contributed by atoms with van der Waals surface area (Å²) >= 11 is 0. The number of hydrazone groups is 1. The smallest absolute Gasteiger partial charge is 0.271 e. The summed E-state index contributed by atoms with van der Waals surface area (Å²) in [4.78, 5) is 12.6.